The average molecular weight is 367 g/mol. The lowest BCUT2D eigenvalue weighted by Crippen LogP contribution is -2.42. The van der Waals surface area contributed by atoms with E-state index in [0.29, 0.717) is 6.42 Å². The Morgan fingerprint density at radius 1 is 1.23 bits per heavy atom. The van der Waals surface area contributed by atoms with E-state index in [2.05, 4.69) is 35.3 Å². The standard InChI is InChI=1S/C20H21N3O2S/c1-23-19(25)11-16(22-20(23)21)13-5-7-18-15(10-13)14-9-12(3-2-8-24)4-6-17(14)26-18/h4-7,9-10,16,24H,2-3,8,11H2,1H3,(H2,21,22). The van der Waals surface area contributed by atoms with Crippen LogP contribution in [0.15, 0.2) is 41.4 Å². The summed E-state index contributed by atoms with van der Waals surface area (Å²) in [4.78, 5) is 18.0. The summed E-state index contributed by atoms with van der Waals surface area (Å²) in [6.45, 7) is 0.205. The van der Waals surface area contributed by atoms with Crippen LogP contribution in [0.4, 0.5) is 0 Å². The Bertz CT molecular complexity index is 1020. The summed E-state index contributed by atoms with van der Waals surface area (Å²) in [6, 6.07) is 12.6. The molecule has 0 saturated heterocycles. The van der Waals surface area contributed by atoms with Gasteiger partial charge in [-0.05, 0) is 48.2 Å². The van der Waals surface area contributed by atoms with E-state index < -0.39 is 0 Å². The maximum atomic E-state index is 12.1. The Labute approximate surface area is 155 Å². The molecule has 5 nitrogen and oxygen atoms in total. The number of rotatable bonds is 4. The van der Waals surface area contributed by atoms with E-state index in [9.17, 15) is 4.79 Å². The van der Waals surface area contributed by atoms with E-state index in [-0.39, 0.29) is 24.5 Å². The molecule has 1 aliphatic rings. The van der Waals surface area contributed by atoms with Gasteiger partial charge in [-0.15, -0.1) is 11.3 Å². The second kappa shape index (κ2) is 6.70. The molecule has 0 spiro atoms. The second-order valence-electron chi connectivity index (χ2n) is 6.68. The van der Waals surface area contributed by atoms with Crippen molar-refractivity contribution in [2.24, 2.45) is 10.7 Å². The molecule has 0 aliphatic carbocycles. The van der Waals surface area contributed by atoms with Crippen LogP contribution in [0, 0.1) is 0 Å². The van der Waals surface area contributed by atoms with Crippen molar-refractivity contribution >= 4 is 43.4 Å². The van der Waals surface area contributed by atoms with Crippen molar-refractivity contribution in [3.8, 4) is 0 Å². The first kappa shape index (κ1) is 17.0. The first-order valence-corrected chi connectivity index (χ1v) is 9.54. The van der Waals surface area contributed by atoms with E-state index in [1.165, 1.54) is 30.6 Å². The number of guanidine groups is 1. The lowest BCUT2D eigenvalue weighted by atomic mass is 9.99. The van der Waals surface area contributed by atoms with Crippen molar-refractivity contribution in [3.63, 3.8) is 0 Å². The maximum Gasteiger partial charge on any atom is 0.231 e. The molecule has 2 aromatic carbocycles. The van der Waals surface area contributed by atoms with Crippen molar-refractivity contribution in [3.05, 3.63) is 47.5 Å². The number of aliphatic hydroxyl groups excluding tert-OH is 1. The van der Waals surface area contributed by atoms with Crippen LogP contribution in [0.1, 0.15) is 30.0 Å². The molecule has 2 heterocycles. The maximum absolute atomic E-state index is 12.1. The quantitative estimate of drug-likeness (QED) is 0.743. The van der Waals surface area contributed by atoms with Gasteiger partial charge in [0.1, 0.15) is 0 Å². The summed E-state index contributed by atoms with van der Waals surface area (Å²) in [6.07, 6.45) is 1.98. The number of nitrogens with zero attached hydrogens (tertiary/aromatic N) is 2. The molecule has 26 heavy (non-hydrogen) atoms. The molecular formula is C20H21N3O2S. The van der Waals surface area contributed by atoms with Crippen LogP contribution in [0.3, 0.4) is 0 Å². The first-order valence-electron chi connectivity index (χ1n) is 8.72. The zero-order chi connectivity index (χ0) is 18.3. The number of carbonyl (C=O) groups excluding carboxylic acids is 1. The second-order valence-corrected chi connectivity index (χ2v) is 7.76. The smallest absolute Gasteiger partial charge is 0.231 e. The van der Waals surface area contributed by atoms with Crippen molar-refractivity contribution in [1.82, 2.24) is 4.90 Å². The van der Waals surface area contributed by atoms with Gasteiger partial charge in [-0.2, -0.15) is 0 Å². The summed E-state index contributed by atoms with van der Waals surface area (Å²) < 4.78 is 2.46. The predicted molar refractivity (Wildman–Crippen MR) is 106 cm³/mol. The van der Waals surface area contributed by atoms with Gasteiger partial charge in [-0.1, -0.05) is 12.1 Å². The van der Waals surface area contributed by atoms with Gasteiger partial charge in [0, 0.05) is 33.8 Å². The summed E-state index contributed by atoms with van der Waals surface area (Å²) >= 11 is 1.77. The zero-order valence-electron chi connectivity index (χ0n) is 14.6. The number of carbonyl (C=O) groups is 1. The Hall–Kier alpha value is -2.44. The summed E-state index contributed by atoms with van der Waals surface area (Å²) in [7, 11) is 1.65. The third-order valence-corrected chi connectivity index (χ3v) is 6.09. The van der Waals surface area contributed by atoms with Crippen molar-refractivity contribution in [2.75, 3.05) is 13.7 Å². The van der Waals surface area contributed by atoms with E-state index in [1.807, 2.05) is 6.07 Å². The third-order valence-electron chi connectivity index (χ3n) is 4.94. The highest BCUT2D eigenvalue weighted by Crippen LogP contribution is 2.37. The van der Waals surface area contributed by atoms with Crippen LogP contribution in [-0.4, -0.2) is 35.5 Å². The highest BCUT2D eigenvalue weighted by atomic mass is 32.1. The van der Waals surface area contributed by atoms with E-state index in [4.69, 9.17) is 10.8 Å². The summed E-state index contributed by atoms with van der Waals surface area (Å²) in [5.41, 5.74) is 8.13. The Kier molecular flexibility index (Phi) is 4.38. The number of benzene rings is 2. The van der Waals surface area contributed by atoms with E-state index >= 15 is 0 Å². The molecule has 3 aromatic rings. The van der Waals surface area contributed by atoms with Gasteiger partial charge < -0.3 is 10.8 Å². The fourth-order valence-electron chi connectivity index (χ4n) is 3.40. The number of aliphatic hydroxyl groups is 1. The molecule has 0 bridgehead atoms. The largest absolute Gasteiger partial charge is 0.396 e. The van der Waals surface area contributed by atoms with Gasteiger partial charge in [0.2, 0.25) is 5.91 Å². The molecule has 1 amide bonds. The molecule has 0 radical (unpaired) electrons. The average Bonchev–Trinajstić information content (AvgIpc) is 3.01. The molecule has 3 N–H and O–H groups in total. The molecule has 4 rings (SSSR count). The minimum absolute atomic E-state index is 0.0101. The molecule has 1 aliphatic heterocycles. The SMILES string of the molecule is CN1C(=O)CC(c2ccc3sc4ccc(CCCO)cc4c3c2)N=C1N. The minimum atomic E-state index is -0.226. The highest BCUT2D eigenvalue weighted by molar-refractivity contribution is 7.25. The lowest BCUT2D eigenvalue weighted by Gasteiger charge is -2.25. The van der Waals surface area contributed by atoms with Gasteiger partial charge in [0.25, 0.3) is 0 Å². The third kappa shape index (κ3) is 2.95. The van der Waals surface area contributed by atoms with Crippen LogP contribution in [0.2, 0.25) is 0 Å². The van der Waals surface area contributed by atoms with Gasteiger partial charge in [-0.25, -0.2) is 4.99 Å². The number of nitrogens with two attached hydrogens (primary N) is 1. The van der Waals surface area contributed by atoms with Crippen LogP contribution >= 0.6 is 11.3 Å². The molecule has 6 heteroatoms. The molecule has 0 fully saturated rings. The molecule has 134 valence electrons. The number of hydrogen-bond acceptors (Lipinski definition) is 5. The number of fused-ring (bicyclic) bond motifs is 3. The zero-order valence-corrected chi connectivity index (χ0v) is 15.4. The number of aryl methyl sites for hydroxylation is 1. The van der Waals surface area contributed by atoms with E-state index in [1.54, 1.807) is 18.4 Å². The van der Waals surface area contributed by atoms with Crippen LogP contribution in [0.5, 0.6) is 0 Å². The number of thiophene rings is 1. The van der Waals surface area contributed by atoms with Crippen molar-refractivity contribution in [1.29, 1.82) is 0 Å². The van der Waals surface area contributed by atoms with Crippen molar-refractivity contribution < 1.29 is 9.90 Å². The highest BCUT2D eigenvalue weighted by Gasteiger charge is 2.26. The molecule has 0 saturated carbocycles. The monoisotopic (exact) mass is 367 g/mol. The molecular weight excluding hydrogens is 346 g/mol. The minimum Gasteiger partial charge on any atom is -0.396 e. The van der Waals surface area contributed by atoms with Crippen LogP contribution < -0.4 is 5.73 Å². The van der Waals surface area contributed by atoms with Gasteiger partial charge in [0.15, 0.2) is 5.96 Å². The fraction of sp³-hybridized carbons (Fsp3) is 0.300. The van der Waals surface area contributed by atoms with E-state index in [0.717, 1.165) is 18.4 Å². The molecule has 1 unspecified atom stereocenters. The topological polar surface area (TPSA) is 78.9 Å². The number of amides is 1. The summed E-state index contributed by atoms with van der Waals surface area (Å²) in [5, 5.41) is 11.5. The van der Waals surface area contributed by atoms with Crippen LogP contribution in [-0.2, 0) is 11.2 Å². The summed E-state index contributed by atoms with van der Waals surface area (Å²) in [5.74, 6) is 0.261. The molecule has 1 atom stereocenters. The van der Waals surface area contributed by atoms with Crippen molar-refractivity contribution in [2.45, 2.75) is 25.3 Å². The number of hydrogen-bond donors (Lipinski definition) is 2. The normalized spacial score (nSPS) is 17.9. The Morgan fingerprint density at radius 3 is 2.69 bits per heavy atom. The first-order chi connectivity index (χ1) is 12.6. The lowest BCUT2D eigenvalue weighted by molar-refractivity contribution is -0.127. The Morgan fingerprint density at radius 2 is 1.96 bits per heavy atom. The van der Waals surface area contributed by atoms with Gasteiger partial charge >= 0.3 is 0 Å². The Balaban J connectivity index is 1.78. The predicted octanol–water partition coefficient (Wildman–Crippen LogP) is 3.20. The fourth-order valence-corrected chi connectivity index (χ4v) is 4.47. The van der Waals surface area contributed by atoms with Gasteiger partial charge in [0.05, 0.1) is 12.5 Å². The van der Waals surface area contributed by atoms with Gasteiger partial charge in [-0.3, -0.25) is 9.69 Å². The number of aliphatic imine (C=N–C) groups is 1. The van der Waals surface area contributed by atoms with Crippen LogP contribution in [0.25, 0.3) is 20.2 Å². The molecule has 1 aromatic heterocycles.